The Balaban J connectivity index is 2.24. The molecule has 1 saturated heterocycles. The second-order valence-corrected chi connectivity index (χ2v) is 4.54. The van der Waals surface area contributed by atoms with Gasteiger partial charge in [-0.15, -0.1) is 0 Å². The van der Waals surface area contributed by atoms with Gasteiger partial charge in [0.05, 0.1) is 23.7 Å². The third-order valence-corrected chi connectivity index (χ3v) is 2.95. The van der Waals surface area contributed by atoms with E-state index in [1.165, 1.54) is 5.06 Å². The van der Waals surface area contributed by atoms with Crippen molar-refractivity contribution in [2.45, 2.75) is 6.42 Å². The molecule has 0 atom stereocenters. The predicted molar refractivity (Wildman–Crippen MR) is 60.8 cm³/mol. The van der Waals surface area contributed by atoms with Crippen LogP contribution in [0.3, 0.4) is 0 Å². The molecule has 80 valence electrons. The average Bonchev–Trinajstić information content (AvgIpc) is 2.69. The molecule has 3 nitrogen and oxygen atoms in total. The van der Waals surface area contributed by atoms with E-state index >= 15 is 0 Å². The number of nitrogens with zero attached hydrogens (tertiary/aromatic N) is 1. The fourth-order valence-electron chi connectivity index (χ4n) is 1.40. The van der Waals surface area contributed by atoms with Crippen molar-refractivity contribution >= 4 is 33.4 Å². The zero-order chi connectivity index (χ0) is 10.8. The minimum atomic E-state index is -0.176. The summed E-state index contributed by atoms with van der Waals surface area (Å²) in [6.07, 6.45) is 0.875. The van der Waals surface area contributed by atoms with Crippen LogP contribution in [-0.2, 0) is 4.84 Å². The van der Waals surface area contributed by atoms with E-state index in [4.69, 9.17) is 16.4 Å². The van der Waals surface area contributed by atoms with Crippen molar-refractivity contribution in [3.8, 4) is 0 Å². The molecule has 0 radical (unpaired) electrons. The first kappa shape index (κ1) is 10.9. The van der Waals surface area contributed by atoms with Crippen LogP contribution in [-0.4, -0.2) is 24.1 Å². The molecule has 1 aliphatic heterocycles. The van der Waals surface area contributed by atoms with E-state index in [0.717, 1.165) is 10.9 Å². The van der Waals surface area contributed by atoms with Crippen molar-refractivity contribution in [1.82, 2.24) is 5.06 Å². The first-order chi connectivity index (χ1) is 7.18. The lowest BCUT2D eigenvalue weighted by atomic mass is 10.2. The highest BCUT2D eigenvalue weighted by atomic mass is 79.9. The maximum Gasteiger partial charge on any atom is 0.278 e. The minimum Gasteiger partial charge on any atom is -0.271 e. The van der Waals surface area contributed by atoms with E-state index in [1.54, 1.807) is 18.2 Å². The van der Waals surface area contributed by atoms with E-state index in [1.807, 2.05) is 0 Å². The van der Waals surface area contributed by atoms with Crippen LogP contribution in [0, 0.1) is 0 Å². The molecule has 1 heterocycles. The third kappa shape index (κ3) is 2.33. The van der Waals surface area contributed by atoms with Gasteiger partial charge in [0.25, 0.3) is 5.91 Å². The Hall–Kier alpha value is -0.580. The fraction of sp³-hybridized carbons (Fsp3) is 0.300. The topological polar surface area (TPSA) is 29.5 Å². The molecule has 1 amide bonds. The van der Waals surface area contributed by atoms with Gasteiger partial charge in [-0.3, -0.25) is 9.63 Å². The number of carbonyl (C=O) groups excluding carboxylic acids is 1. The van der Waals surface area contributed by atoms with Crippen LogP contribution in [0.15, 0.2) is 22.7 Å². The number of hydroxylamine groups is 2. The molecular weight excluding hydrogens is 281 g/mol. The monoisotopic (exact) mass is 289 g/mol. The second-order valence-electron chi connectivity index (χ2n) is 3.22. The van der Waals surface area contributed by atoms with Gasteiger partial charge >= 0.3 is 0 Å². The van der Waals surface area contributed by atoms with Crippen LogP contribution in [0.2, 0.25) is 5.02 Å². The SMILES string of the molecule is O=C(c1ccc(Br)cc1Cl)N1CCCO1. The quantitative estimate of drug-likeness (QED) is 0.796. The molecule has 0 spiro atoms. The molecule has 1 fully saturated rings. The predicted octanol–water partition coefficient (Wildman–Crippen LogP) is 2.88. The second kappa shape index (κ2) is 4.51. The molecule has 0 bridgehead atoms. The van der Waals surface area contributed by atoms with Crippen LogP contribution in [0.25, 0.3) is 0 Å². The lowest BCUT2D eigenvalue weighted by Gasteiger charge is -2.14. The summed E-state index contributed by atoms with van der Waals surface area (Å²) in [4.78, 5) is 17.0. The van der Waals surface area contributed by atoms with Crippen molar-refractivity contribution in [3.05, 3.63) is 33.3 Å². The molecule has 1 aromatic carbocycles. The van der Waals surface area contributed by atoms with Crippen molar-refractivity contribution < 1.29 is 9.63 Å². The Kier molecular flexibility index (Phi) is 3.29. The largest absolute Gasteiger partial charge is 0.278 e. The zero-order valence-corrected chi connectivity index (χ0v) is 10.2. The molecule has 0 aliphatic carbocycles. The molecular formula is C10H9BrClNO2. The van der Waals surface area contributed by atoms with E-state index in [0.29, 0.717) is 23.7 Å². The van der Waals surface area contributed by atoms with Crippen molar-refractivity contribution in [1.29, 1.82) is 0 Å². The van der Waals surface area contributed by atoms with Gasteiger partial charge in [-0.05, 0) is 24.6 Å². The number of hydrogen-bond donors (Lipinski definition) is 0. The van der Waals surface area contributed by atoms with Crippen LogP contribution in [0.5, 0.6) is 0 Å². The zero-order valence-electron chi connectivity index (χ0n) is 7.87. The summed E-state index contributed by atoms with van der Waals surface area (Å²) in [7, 11) is 0. The van der Waals surface area contributed by atoms with Gasteiger partial charge < -0.3 is 0 Å². The highest BCUT2D eigenvalue weighted by molar-refractivity contribution is 9.10. The Labute approximate surface area is 101 Å². The molecule has 15 heavy (non-hydrogen) atoms. The summed E-state index contributed by atoms with van der Waals surface area (Å²) in [5, 5.41) is 1.79. The highest BCUT2D eigenvalue weighted by Crippen LogP contribution is 2.23. The first-order valence-corrected chi connectivity index (χ1v) is 5.75. The molecule has 2 rings (SSSR count). The molecule has 5 heteroatoms. The number of carbonyl (C=O) groups is 1. The summed E-state index contributed by atoms with van der Waals surface area (Å²) < 4.78 is 0.853. The Morgan fingerprint density at radius 2 is 2.33 bits per heavy atom. The van der Waals surface area contributed by atoms with Crippen molar-refractivity contribution in [3.63, 3.8) is 0 Å². The summed E-state index contributed by atoms with van der Waals surface area (Å²) >= 11 is 9.26. The summed E-state index contributed by atoms with van der Waals surface area (Å²) in [6, 6.07) is 5.18. The molecule has 0 unspecified atom stereocenters. The first-order valence-electron chi connectivity index (χ1n) is 4.58. The lowest BCUT2D eigenvalue weighted by Crippen LogP contribution is -2.26. The van der Waals surface area contributed by atoms with Crippen molar-refractivity contribution in [2.24, 2.45) is 0 Å². The summed E-state index contributed by atoms with van der Waals surface area (Å²) in [5.41, 5.74) is 0.474. The van der Waals surface area contributed by atoms with Gasteiger partial charge in [-0.2, -0.15) is 0 Å². The van der Waals surface area contributed by atoms with Gasteiger partial charge in [-0.25, -0.2) is 5.06 Å². The normalized spacial score (nSPS) is 15.7. The maximum absolute atomic E-state index is 11.9. The molecule has 1 aliphatic rings. The van der Waals surface area contributed by atoms with E-state index in [9.17, 15) is 4.79 Å². The van der Waals surface area contributed by atoms with Gasteiger partial charge in [0, 0.05) is 4.47 Å². The lowest BCUT2D eigenvalue weighted by molar-refractivity contribution is -0.0768. The molecule has 1 aromatic rings. The van der Waals surface area contributed by atoms with Crippen LogP contribution < -0.4 is 0 Å². The van der Waals surface area contributed by atoms with E-state index < -0.39 is 0 Å². The highest BCUT2D eigenvalue weighted by Gasteiger charge is 2.22. The number of amides is 1. The maximum atomic E-state index is 11.9. The van der Waals surface area contributed by atoms with Crippen LogP contribution in [0.1, 0.15) is 16.8 Å². The van der Waals surface area contributed by atoms with E-state index in [2.05, 4.69) is 15.9 Å². The van der Waals surface area contributed by atoms with E-state index in [-0.39, 0.29) is 5.91 Å². The Bertz CT molecular complexity index is 391. The van der Waals surface area contributed by atoms with Crippen LogP contribution in [0.4, 0.5) is 0 Å². The van der Waals surface area contributed by atoms with Gasteiger partial charge in [0.15, 0.2) is 0 Å². The van der Waals surface area contributed by atoms with Gasteiger partial charge in [0.2, 0.25) is 0 Å². The van der Waals surface area contributed by atoms with Gasteiger partial charge in [-0.1, -0.05) is 27.5 Å². The van der Waals surface area contributed by atoms with Crippen LogP contribution >= 0.6 is 27.5 Å². The molecule has 0 aromatic heterocycles. The average molecular weight is 291 g/mol. The number of hydrogen-bond acceptors (Lipinski definition) is 2. The molecule has 0 saturated carbocycles. The Morgan fingerprint density at radius 3 is 2.93 bits per heavy atom. The van der Waals surface area contributed by atoms with Crippen molar-refractivity contribution in [2.75, 3.05) is 13.2 Å². The smallest absolute Gasteiger partial charge is 0.271 e. The number of halogens is 2. The standard InChI is InChI=1S/C10H9BrClNO2/c11-7-2-3-8(9(12)6-7)10(14)13-4-1-5-15-13/h2-3,6H,1,4-5H2. The third-order valence-electron chi connectivity index (χ3n) is 2.14. The minimum absolute atomic E-state index is 0.176. The fourth-order valence-corrected chi connectivity index (χ4v) is 2.16. The molecule has 0 N–H and O–H groups in total. The summed E-state index contributed by atoms with van der Waals surface area (Å²) in [6.45, 7) is 1.23. The van der Waals surface area contributed by atoms with Gasteiger partial charge in [0.1, 0.15) is 0 Å². The Morgan fingerprint density at radius 1 is 1.53 bits per heavy atom. The number of benzene rings is 1. The number of rotatable bonds is 1. The summed E-state index contributed by atoms with van der Waals surface area (Å²) in [5.74, 6) is -0.176.